The maximum Gasteiger partial charge on any atom is 0.279 e. The lowest BCUT2D eigenvalue weighted by atomic mass is 10.1. The van der Waals surface area contributed by atoms with Crippen molar-refractivity contribution in [3.8, 4) is 0 Å². The Balaban J connectivity index is 2.41. The molecule has 116 valence electrons. The number of fused-ring (bicyclic) bond motifs is 1. The number of hydrogen-bond donors (Lipinski definition) is 2. The predicted octanol–water partition coefficient (Wildman–Crippen LogP) is 1.96. The Hall–Kier alpha value is -1.44. The van der Waals surface area contributed by atoms with Crippen LogP contribution in [0, 0.1) is 12.8 Å². The van der Waals surface area contributed by atoms with Crippen molar-refractivity contribution in [1.82, 2.24) is 19.0 Å². The number of nitrogens with zero attached hydrogens (tertiary/aromatic N) is 2. The van der Waals surface area contributed by atoms with Crippen molar-refractivity contribution in [2.75, 3.05) is 14.1 Å². The van der Waals surface area contributed by atoms with Gasteiger partial charge in [0.05, 0.1) is 17.1 Å². The highest BCUT2D eigenvalue weighted by atomic mass is 32.2. The summed E-state index contributed by atoms with van der Waals surface area (Å²) >= 11 is 0. The highest BCUT2D eigenvalue weighted by molar-refractivity contribution is 7.87. The third-order valence-electron chi connectivity index (χ3n) is 3.37. The van der Waals surface area contributed by atoms with Crippen LogP contribution < -0.4 is 4.72 Å². The molecule has 0 spiro atoms. The highest BCUT2D eigenvalue weighted by Gasteiger charge is 2.26. The van der Waals surface area contributed by atoms with Gasteiger partial charge in [-0.1, -0.05) is 19.9 Å². The van der Waals surface area contributed by atoms with Crippen molar-refractivity contribution in [1.29, 1.82) is 0 Å². The molecule has 0 radical (unpaired) electrons. The summed E-state index contributed by atoms with van der Waals surface area (Å²) in [4.78, 5) is 7.74. The predicted molar refractivity (Wildman–Crippen MR) is 84.2 cm³/mol. The summed E-state index contributed by atoms with van der Waals surface area (Å²) in [6.07, 6.45) is 0. The normalized spacial score (nSPS) is 14.2. The average molecular weight is 310 g/mol. The third-order valence-corrected chi connectivity index (χ3v) is 4.89. The van der Waals surface area contributed by atoms with Gasteiger partial charge in [0, 0.05) is 14.1 Å². The number of aromatic nitrogens is 2. The molecule has 2 aromatic rings. The zero-order chi connectivity index (χ0) is 15.8. The van der Waals surface area contributed by atoms with Gasteiger partial charge in [0.2, 0.25) is 0 Å². The second kappa shape index (κ2) is 5.75. The first-order valence-corrected chi connectivity index (χ1v) is 8.31. The molecule has 2 rings (SSSR count). The van der Waals surface area contributed by atoms with E-state index in [9.17, 15) is 8.42 Å². The van der Waals surface area contributed by atoms with E-state index >= 15 is 0 Å². The minimum Gasteiger partial charge on any atom is -0.341 e. The van der Waals surface area contributed by atoms with E-state index in [0.717, 1.165) is 20.9 Å². The van der Waals surface area contributed by atoms with Crippen molar-refractivity contribution in [3.05, 3.63) is 29.6 Å². The fourth-order valence-corrected chi connectivity index (χ4v) is 2.98. The Bertz CT molecular complexity index is 735. The van der Waals surface area contributed by atoms with Crippen molar-refractivity contribution in [3.63, 3.8) is 0 Å². The molecule has 0 aliphatic heterocycles. The first-order valence-electron chi connectivity index (χ1n) is 6.87. The van der Waals surface area contributed by atoms with Crippen LogP contribution in [0.5, 0.6) is 0 Å². The molecule has 6 nitrogen and oxygen atoms in total. The summed E-state index contributed by atoms with van der Waals surface area (Å²) in [5.74, 6) is 0.706. The minimum absolute atomic E-state index is 0.0707. The number of benzene rings is 1. The molecule has 0 saturated heterocycles. The van der Waals surface area contributed by atoms with Crippen LogP contribution in [-0.2, 0) is 10.2 Å². The van der Waals surface area contributed by atoms with Gasteiger partial charge in [0.1, 0.15) is 5.82 Å². The SMILES string of the molecule is Cc1ccc2nc(C(NS(=O)(=O)N(C)C)C(C)C)[nH]c2c1. The Morgan fingerprint density at radius 1 is 1.29 bits per heavy atom. The summed E-state index contributed by atoms with van der Waals surface area (Å²) < 4.78 is 28.0. The van der Waals surface area contributed by atoms with E-state index in [1.165, 1.54) is 14.1 Å². The molecule has 1 atom stereocenters. The van der Waals surface area contributed by atoms with E-state index in [1.54, 1.807) is 0 Å². The zero-order valence-electron chi connectivity index (χ0n) is 13.0. The molecule has 0 aliphatic carbocycles. The highest BCUT2D eigenvalue weighted by Crippen LogP contribution is 2.23. The largest absolute Gasteiger partial charge is 0.341 e. The average Bonchev–Trinajstić information content (AvgIpc) is 2.77. The van der Waals surface area contributed by atoms with Crippen LogP contribution in [0.2, 0.25) is 0 Å². The van der Waals surface area contributed by atoms with Crippen molar-refractivity contribution < 1.29 is 8.42 Å². The van der Waals surface area contributed by atoms with Crippen LogP contribution in [0.1, 0.15) is 31.3 Å². The second-order valence-electron chi connectivity index (χ2n) is 5.77. The summed E-state index contributed by atoms with van der Waals surface area (Å²) in [5, 5.41) is 0. The first-order chi connectivity index (χ1) is 9.70. The Morgan fingerprint density at radius 2 is 1.95 bits per heavy atom. The fraction of sp³-hybridized carbons (Fsp3) is 0.500. The van der Waals surface area contributed by atoms with Gasteiger partial charge in [-0.15, -0.1) is 0 Å². The van der Waals surface area contributed by atoms with Crippen LogP contribution in [-0.4, -0.2) is 36.8 Å². The maximum absolute atomic E-state index is 12.1. The van der Waals surface area contributed by atoms with Gasteiger partial charge in [-0.05, 0) is 30.5 Å². The number of imidazole rings is 1. The Kier molecular flexibility index (Phi) is 4.36. The summed E-state index contributed by atoms with van der Waals surface area (Å²) in [6, 6.07) is 5.53. The van der Waals surface area contributed by atoms with Crippen LogP contribution >= 0.6 is 0 Å². The minimum atomic E-state index is -3.51. The van der Waals surface area contributed by atoms with Crippen molar-refractivity contribution >= 4 is 21.2 Å². The molecule has 2 N–H and O–H groups in total. The Labute approximate surface area is 125 Å². The lowest BCUT2D eigenvalue weighted by Gasteiger charge is -2.22. The van der Waals surface area contributed by atoms with E-state index < -0.39 is 16.3 Å². The second-order valence-corrected chi connectivity index (χ2v) is 7.69. The smallest absolute Gasteiger partial charge is 0.279 e. The van der Waals surface area contributed by atoms with Crippen molar-refractivity contribution in [2.45, 2.75) is 26.8 Å². The van der Waals surface area contributed by atoms with E-state index in [2.05, 4.69) is 14.7 Å². The molecule has 1 aromatic heterocycles. The first kappa shape index (κ1) is 15.9. The molecule has 21 heavy (non-hydrogen) atoms. The van der Waals surface area contributed by atoms with Gasteiger partial charge in [0.15, 0.2) is 0 Å². The van der Waals surface area contributed by atoms with Gasteiger partial charge >= 0.3 is 0 Å². The summed E-state index contributed by atoms with van der Waals surface area (Å²) in [5.41, 5.74) is 2.89. The Morgan fingerprint density at radius 3 is 2.52 bits per heavy atom. The number of aryl methyl sites for hydroxylation is 1. The quantitative estimate of drug-likeness (QED) is 0.886. The van der Waals surface area contributed by atoms with Gasteiger partial charge in [-0.2, -0.15) is 17.4 Å². The molecule has 0 saturated carbocycles. The lowest BCUT2D eigenvalue weighted by molar-refractivity contribution is 0.426. The molecule has 1 unspecified atom stereocenters. The topological polar surface area (TPSA) is 78.1 Å². The molecule has 0 bridgehead atoms. The number of rotatable bonds is 5. The van der Waals surface area contributed by atoms with Gasteiger partial charge in [0.25, 0.3) is 10.2 Å². The van der Waals surface area contributed by atoms with Crippen LogP contribution in [0.25, 0.3) is 11.0 Å². The van der Waals surface area contributed by atoms with Crippen LogP contribution in [0.4, 0.5) is 0 Å². The number of aromatic amines is 1. The van der Waals surface area contributed by atoms with Crippen LogP contribution in [0.3, 0.4) is 0 Å². The number of H-pyrrole nitrogens is 1. The van der Waals surface area contributed by atoms with Crippen molar-refractivity contribution in [2.24, 2.45) is 5.92 Å². The number of hydrogen-bond acceptors (Lipinski definition) is 3. The molecule has 0 fully saturated rings. The molecular weight excluding hydrogens is 288 g/mol. The van der Waals surface area contributed by atoms with Gasteiger partial charge in [-0.25, -0.2) is 4.98 Å². The van der Waals surface area contributed by atoms with E-state index in [0.29, 0.717) is 5.82 Å². The zero-order valence-corrected chi connectivity index (χ0v) is 13.8. The standard InChI is InChI=1S/C14H22N4O2S/c1-9(2)13(17-21(19,20)18(4)5)14-15-11-7-6-10(3)8-12(11)16-14/h6-9,13,17H,1-5H3,(H,15,16). The molecule has 0 aliphatic rings. The van der Waals surface area contributed by atoms with E-state index in [4.69, 9.17) is 0 Å². The molecule has 7 heteroatoms. The van der Waals surface area contributed by atoms with Crippen LogP contribution in [0.15, 0.2) is 18.2 Å². The van der Waals surface area contributed by atoms with E-state index in [-0.39, 0.29) is 5.92 Å². The maximum atomic E-state index is 12.1. The summed E-state index contributed by atoms with van der Waals surface area (Å²) in [7, 11) is -0.509. The fourth-order valence-electron chi connectivity index (χ4n) is 2.06. The van der Waals surface area contributed by atoms with E-state index in [1.807, 2.05) is 39.0 Å². The molecule has 0 amide bonds. The van der Waals surface area contributed by atoms with Gasteiger partial charge < -0.3 is 4.98 Å². The molecular formula is C14H22N4O2S. The third kappa shape index (κ3) is 3.42. The molecule has 1 heterocycles. The monoisotopic (exact) mass is 310 g/mol. The molecule has 1 aromatic carbocycles. The lowest BCUT2D eigenvalue weighted by Crippen LogP contribution is -2.40. The number of nitrogens with one attached hydrogen (secondary N) is 2. The van der Waals surface area contributed by atoms with Gasteiger partial charge in [-0.3, -0.25) is 0 Å². The summed E-state index contributed by atoms with van der Waals surface area (Å²) in [6.45, 7) is 5.93.